The minimum absolute atomic E-state index is 0.0617. The normalized spacial score (nSPS) is 34.3. The summed E-state index contributed by atoms with van der Waals surface area (Å²) in [4.78, 5) is 0. The largest absolute Gasteiger partial charge is 0.379 e. The van der Waals surface area contributed by atoms with E-state index in [0.717, 1.165) is 97.2 Å². The minimum Gasteiger partial charge on any atom is -0.379 e. The van der Waals surface area contributed by atoms with E-state index in [4.69, 9.17) is 47.4 Å². The van der Waals surface area contributed by atoms with Gasteiger partial charge in [-0.1, -0.05) is 19.8 Å². The molecule has 6 fully saturated rings. The maximum absolute atomic E-state index is 6.69. The third kappa shape index (κ3) is 11.4. The van der Waals surface area contributed by atoms with Crippen molar-refractivity contribution in [2.75, 3.05) is 46.2 Å². The Bertz CT molecular complexity index is 721. The molecule has 9 unspecified atom stereocenters. The number of ether oxygens (including phenoxy) is 10. The molecule has 250 valence electrons. The lowest BCUT2D eigenvalue weighted by molar-refractivity contribution is -0.260. The van der Waals surface area contributed by atoms with Crippen LogP contribution < -0.4 is 0 Å². The van der Waals surface area contributed by atoms with Crippen molar-refractivity contribution in [3.05, 3.63) is 0 Å². The Labute approximate surface area is 259 Å². The zero-order valence-corrected chi connectivity index (χ0v) is 26.7. The fourth-order valence-corrected chi connectivity index (χ4v) is 6.73. The van der Waals surface area contributed by atoms with Gasteiger partial charge in [-0.3, -0.25) is 0 Å². The highest BCUT2D eigenvalue weighted by molar-refractivity contribution is 4.85. The van der Waals surface area contributed by atoms with Crippen LogP contribution in [-0.2, 0) is 47.4 Å². The van der Waals surface area contributed by atoms with Gasteiger partial charge < -0.3 is 47.4 Å². The molecule has 0 bridgehead atoms. The molecule has 1 saturated carbocycles. The third-order valence-electron chi connectivity index (χ3n) is 9.39. The highest BCUT2D eigenvalue weighted by atomic mass is 16.7. The summed E-state index contributed by atoms with van der Waals surface area (Å²) in [6, 6.07) is 0. The van der Waals surface area contributed by atoms with Crippen molar-refractivity contribution < 1.29 is 47.4 Å². The molecule has 5 heterocycles. The van der Waals surface area contributed by atoms with Gasteiger partial charge in [0.15, 0.2) is 25.2 Å². The highest BCUT2D eigenvalue weighted by Gasteiger charge is 2.41. The first-order chi connectivity index (χ1) is 21.1. The van der Waals surface area contributed by atoms with Gasteiger partial charge in [0, 0.05) is 64.6 Å². The molecule has 0 spiro atoms. The van der Waals surface area contributed by atoms with E-state index in [9.17, 15) is 0 Å². The molecule has 0 aromatic rings. The first kappa shape index (κ1) is 33.9. The Morgan fingerprint density at radius 2 is 1.00 bits per heavy atom. The van der Waals surface area contributed by atoms with Crippen molar-refractivity contribution in [2.24, 2.45) is 5.92 Å². The van der Waals surface area contributed by atoms with Crippen LogP contribution in [0.4, 0.5) is 0 Å². The molecule has 5 aliphatic heterocycles. The Hall–Kier alpha value is -0.400. The molecular formula is C33H58O10. The lowest BCUT2D eigenvalue weighted by Crippen LogP contribution is -2.49. The van der Waals surface area contributed by atoms with E-state index in [1.54, 1.807) is 0 Å². The fourth-order valence-electron chi connectivity index (χ4n) is 6.73. The molecule has 0 aromatic carbocycles. The predicted octanol–water partition coefficient (Wildman–Crippen LogP) is 5.49. The van der Waals surface area contributed by atoms with Gasteiger partial charge in [0.05, 0.1) is 37.6 Å². The molecular weight excluding hydrogens is 556 g/mol. The van der Waals surface area contributed by atoms with Crippen LogP contribution in [0.3, 0.4) is 0 Å². The monoisotopic (exact) mass is 614 g/mol. The summed E-state index contributed by atoms with van der Waals surface area (Å²) in [7, 11) is 0. The van der Waals surface area contributed by atoms with Crippen LogP contribution >= 0.6 is 0 Å². The SMILES string of the molecule is CC(C(COC1CCCO1)OC1CCCO1)C(OC1CCCO1)C(COC1CCCC1)OC1CCCO1.CC1CCCO1. The fraction of sp³-hybridized carbons (Fsp3) is 1.00. The van der Waals surface area contributed by atoms with E-state index < -0.39 is 0 Å². The summed E-state index contributed by atoms with van der Waals surface area (Å²) in [5, 5.41) is 0. The topological polar surface area (TPSA) is 92.3 Å². The van der Waals surface area contributed by atoms with Crippen LogP contribution in [0.2, 0.25) is 0 Å². The van der Waals surface area contributed by atoms with Gasteiger partial charge in [-0.25, -0.2) is 0 Å². The van der Waals surface area contributed by atoms with Gasteiger partial charge in [-0.2, -0.15) is 0 Å². The minimum atomic E-state index is -0.312. The average molecular weight is 615 g/mol. The van der Waals surface area contributed by atoms with Crippen molar-refractivity contribution >= 4 is 0 Å². The standard InChI is InChI=1S/C28H48O9.C5H10O/c1-20(22(35-25-11-5-15-30-25)18-34-24-10-4-14-29-24)28(37-27-13-7-17-32-27)23(36-26-12-6-16-31-26)19-33-21-8-2-3-9-21;1-5-3-2-4-6-5/h20-28H,2-19H2,1H3;5H,2-4H2,1H3. The van der Waals surface area contributed by atoms with Crippen LogP contribution in [0.15, 0.2) is 0 Å². The van der Waals surface area contributed by atoms with E-state index in [2.05, 4.69) is 13.8 Å². The van der Waals surface area contributed by atoms with Crippen molar-refractivity contribution in [2.45, 2.75) is 159 Å². The van der Waals surface area contributed by atoms with Gasteiger partial charge in [0.25, 0.3) is 0 Å². The lowest BCUT2D eigenvalue weighted by Gasteiger charge is -2.38. The Morgan fingerprint density at radius 1 is 0.512 bits per heavy atom. The smallest absolute Gasteiger partial charge is 0.158 e. The molecule has 1 aliphatic carbocycles. The predicted molar refractivity (Wildman–Crippen MR) is 158 cm³/mol. The van der Waals surface area contributed by atoms with Crippen LogP contribution in [0.25, 0.3) is 0 Å². The summed E-state index contributed by atoms with van der Waals surface area (Å²) in [5.41, 5.74) is 0. The van der Waals surface area contributed by atoms with Gasteiger partial charge in [0.2, 0.25) is 0 Å². The molecule has 10 nitrogen and oxygen atoms in total. The summed E-state index contributed by atoms with van der Waals surface area (Å²) >= 11 is 0. The molecule has 5 saturated heterocycles. The second-order valence-electron chi connectivity index (χ2n) is 13.0. The van der Waals surface area contributed by atoms with E-state index in [-0.39, 0.29) is 55.5 Å². The Morgan fingerprint density at radius 3 is 1.49 bits per heavy atom. The molecule has 10 heteroatoms. The summed E-state index contributed by atoms with van der Waals surface area (Å²) in [5.74, 6) is -0.0617. The van der Waals surface area contributed by atoms with Crippen LogP contribution in [0.5, 0.6) is 0 Å². The molecule has 43 heavy (non-hydrogen) atoms. The van der Waals surface area contributed by atoms with Crippen molar-refractivity contribution in [3.63, 3.8) is 0 Å². The van der Waals surface area contributed by atoms with E-state index >= 15 is 0 Å². The van der Waals surface area contributed by atoms with Crippen LogP contribution in [-0.4, -0.2) is 102 Å². The molecule has 0 aromatic heterocycles. The van der Waals surface area contributed by atoms with E-state index in [1.807, 2.05) is 0 Å². The Balaban J connectivity index is 0.000000548. The van der Waals surface area contributed by atoms with Crippen LogP contribution in [0, 0.1) is 5.92 Å². The van der Waals surface area contributed by atoms with Gasteiger partial charge >= 0.3 is 0 Å². The van der Waals surface area contributed by atoms with Crippen molar-refractivity contribution in [3.8, 4) is 0 Å². The van der Waals surface area contributed by atoms with Gasteiger partial charge in [-0.05, 0) is 58.3 Å². The zero-order chi connectivity index (χ0) is 29.7. The summed E-state index contributed by atoms with van der Waals surface area (Å²) in [6.45, 7) is 9.08. The number of hydrogen-bond acceptors (Lipinski definition) is 10. The van der Waals surface area contributed by atoms with E-state index in [1.165, 1.54) is 25.7 Å². The zero-order valence-electron chi connectivity index (χ0n) is 26.7. The first-order valence-corrected chi connectivity index (χ1v) is 17.4. The molecule has 6 aliphatic rings. The van der Waals surface area contributed by atoms with Crippen LogP contribution in [0.1, 0.15) is 104 Å². The van der Waals surface area contributed by atoms with Crippen molar-refractivity contribution in [1.82, 2.24) is 0 Å². The second kappa shape index (κ2) is 18.7. The molecule has 0 amide bonds. The summed E-state index contributed by atoms with van der Waals surface area (Å²) in [6.07, 6.45) is 13.9. The molecule has 0 radical (unpaired) electrons. The average Bonchev–Trinajstić information content (AvgIpc) is 3.85. The quantitative estimate of drug-likeness (QED) is 0.236. The van der Waals surface area contributed by atoms with Crippen molar-refractivity contribution in [1.29, 1.82) is 0 Å². The molecule has 6 rings (SSSR count). The first-order valence-electron chi connectivity index (χ1n) is 17.4. The lowest BCUT2D eigenvalue weighted by atomic mass is 9.93. The van der Waals surface area contributed by atoms with Gasteiger partial charge in [-0.15, -0.1) is 0 Å². The summed E-state index contributed by atoms with van der Waals surface area (Å²) < 4.78 is 60.9. The van der Waals surface area contributed by atoms with Gasteiger partial charge in [0.1, 0.15) is 6.10 Å². The number of hydrogen-bond donors (Lipinski definition) is 0. The molecule has 0 N–H and O–H groups in total. The third-order valence-corrected chi connectivity index (χ3v) is 9.39. The highest BCUT2D eigenvalue weighted by Crippen LogP contribution is 2.31. The maximum Gasteiger partial charge on any atom is 0.158 e. The van der Waals surface area contributed by atoms with E-state index in [0.29, 0.717) is 19.3 Å². The maximum atomic E-state index is 6.69. The Kier molecular flexibility index (Phi) is 14.7. The number of rotatable bonds is 15. The molecule has 9 atom stereocenters. The second-order valence-corrected chi connectivity index (χ2v) is 13.0.